The summed E-state index contributed by atoms with van der Waals surface area (Å²) in [7, 11) is 1.83. The first-order valence-electron chi connectivity index (χ1n) is 12.7. The summed E-state index contributed by atoms with van der Waals surface area (Å²) in [5, 5.41) is 0. The fourth-order valence-corrected chi connectivity index (χ4v) is 7.98. The molecule has 0 spiro atoms. The SMILES string of the molecule is C=C1C(=O)C[C@@H]2C[C@]12[C@@H](/C=C1\CCC[C@]2(C)[C@@H]([C@H](C)CCCC(C)C)CC[C@@H]12)OC. The summed E-state index contributed by atoms with van der Waals surface area (Å²) in [5.41, 5.74) is 2.86. The monoisotopic (exact) mass is 412 g/mol. The van der Waals surface area contributed by atoms with Crippen LogP contribution in [0.1, 0.15) is 91.9 Å². The highest BCUT2D eigenvalue weighted by molar-refractivity contribution is 6.01. The Labute approximate surface area is 184 Å². The Morgan fingerprint density at radius 3 is 2.63 bits per heavy atom. The molecule has 4 saturated carbocycles. The predicted octanol–water partition coefficient (Wildman–Crippen LogP) is 7.14. The van der Waals surface area contributed by atoms with Gasteiger partial charge in [-0.2, -0.15) is 0 Å². The van der Waals surface area contributed by atoms with Gasteiger partial charge in [0.1, 0.15) is 0 Å². The van der Waals surface area contributed by atoms with Crippen LogP contribution in [0.5, 0.6) is 0 Å². The zero-order chi connectivity index (χ0) is 21.7. The fourth-order valence-electron chi connectivity index (χ4n) is 7.98. The molecule has 7 atom stereocenters. The predicted molar refractivity (Wildman–Crippen MR) is 124 cm³/mol. The quantitative estimate of drug-likeness (QED) is 0.313. The van der Waals surface area contributed by atoms with Gasteiger partial charge in [0.15, 0.2) is 5.78 Å². The minimum absolute atomic E-state index is 0.0429. The molecule has 0 N–H and O–H groups in total. The molecule has 0 amide bonds. The highest BCUT2D eigenvalue weighted by atomic mass is 16.5. The molecule has 0 bridgehead atoms. The Morgan fingerprint density at radius 1 is 1.23 bits per heavy atom. The van der Waals surface area contributed by atoms with E-state index >= 15 is 0 Å². The van der Waals surface area contributed by atoms with Gasteiger partial charge in [-0.1, -0.05) is 65.2 Å². The molecule has 0 aromatic carbocycles. The number of ketones is 1. The van der Waals surface area contributed by atoms with Crippen molar-refractivity contribution >= 4 is 5.78 Å². The van der Waals surface area contributed by atoms with Crippen molar-refractivity contribution in [2.45, 2.75) is 98.0 Å². The van der Waals surface area contributed by atoms with Gasteiger partial charge in [-0.15, -0.1) is 0 Å². The Kier molecular flexibility index (Phi) is 6.12. The molecule has 4 fully saturated rings. The molecule has 2 nitrogen and oxygen atoms in total. The topological polar surface area (TPSA) is 26.3 Å². The first-order valence-corrected chi connectivity index (χ1v) is 12.7. The van der Waals surface area contributed by atoms with Crippen LogP contribution in [-0.4, -0.2) is 19.0 Å². The second kappa shape index (κ2) is 8.23. The van der Waals surface area contributed by atoms with Crippen LogP contribution in [0.2, 0.25) is 0 Å². The van der Waals surface area contributed by atoms with Crippen molar-refractivity contribution in [3.05, 3.63) is 23.8 Å². The lowest BCUT2D eigenvalue weighted by molar-refractivity contribution is -0.115. The molecule has 0 radical (unpaired) electrons. The van der Waals surface area contributed by atoms with Gasteiger partial charge in [-0.05, 0) is 79.1 Å². The summed E-state index contributed by atoms with van der Waals surface area (Å²) in [6.07, 6.45) is 15.1. The Morgan fingerprint density at radius 2 is 2.00 bits per heavy atom. The third kappa shape index (κ3) is 3.55. The van der Waals surface area contributed by atoms with E-state index in [1.807, 2.05) is 7.11 Å². The summed E-state index contributed by atoms with van der Waals surface area (Å²) in [5.74, 6) is 3.97. The lowest BCUT2D eigenvalue weighted by atomic mass is 9.60. The minimum atomic E-state index is -0.0746. The highest BCUT2D eigenvalue weighted by Crippen LogP contribution is 2.68. The largest absolute Gasteiger partial charge is 0.376 e. The van der Waals surface area contributed by atoms with Gasteiger partial charge in [-0.3, -0.25) is 4.79 Å². The van der Waals surface area contributed by atoms with E-state index < -0.39 is 0 Å². The van der Waals surface area contributed by atoms with E-state index in [0.29, 0.717) is 23.7 Å². The molecule has 0 heterocycles. The molecule has 0 unspecified atom stereocenters. The number of hydrogen-bond acceptors (Lipinski definition) is 2. The molecular weight excluding hydrogens is 368 g/mol. The number of carbonyl (C=O) groups is 1. The summed E-state index contributed by atoms with van der Waals surface area (Å²) in [4.78, 5) is 12.2. The van der Waals surface area contributed by atoms with Crippen LogP contribution in [0.3, 0.4) is 0 Å². The van der Waals surface area contributed by atoms with E-state index in [1.54, 1.807) is 5.57 Å². The van der Waals surface area contributed by atoms with Crippen molar-refractivity contribution in [1.29, 1.82) is 0 Å². The number of carbonyl (C=O) groups excluding carboxylic acids is 1. The van der Waals surface area contributed by atoms with Crippen molar-refractivity contribution < 1.29 is 9.53 Å². The van der Waals surface area contributed by atoms with E-state index in [9.17, 15) is 4.79 Å². The van der Waals surface area contributed by atoms with E-state index in [2.05, 4.69) is 40.3 Å². The molecule has 4 rings (SSSR count). The molecule has 0 saturated heterocycles. The number of hydrogen-bond donors (Lipinski definition) is 0. The molecule has 2 heteroatoms. The first-order chi connectivity index (χ1) is 14.2. The lowest BCUT2D eigenvalue weighted by Gasteiger charge is -2.45. The van der Waals surface area contributed by atoms with Crippen molar-refractivity contribution in [2.75, 3.05) is 7.11 Å². The van der Waals surface area contributed by atoms with Crippen LogP contribution in [-0.2, 0) is 9.53 Å². The third-order valence-electron chi connectivity index (χ3n) is 9.78. The van der Waals surface area contributed by atoms with Crippen LogP contribution < -0.4 is 0 Å². The number of allylic oxidation sites excluding steroid dienone is 1. The maximum Gasteiger partial charge on any atom is 0.159 e. The molecule has 168 valence electrons. The van der Waals surface area contributed by atoms with Crippen molar-refractivity contribution in [3.8, 4) is 0 Å². The van der Waals surface area contributed by atoms with E-state index in [1.165, 1.54) is 51.4 Å². The summed E-state index contributed by atoms with van der Waals surface area (Å²) >= 11 is 0. The summed E-state index contributed by atoms with van der Waals surface area (Å²) in [6.45, 7) is 14.0. The molecule has 0 aromatic rings. The van der Waals surface area contributed by atoms with E-state index in [4.69, 9.17) is 4.74 Å². The summed E-state index contributed by atoms with van der Waals surface area (Å²) < 4.78 is 6.04. The Bertz CT molecular complexity index is 718. The van der Waals surface area contributed by atoms with Gasteiger partial charge in [0, 0.05) is 18.9 Å². The molecular formula is C28H44O2. The lowest BCUT2D eigenvalue weighted by Crippen LogP contribution is -2.37. The Hall–Kier alpha value is -0.890. The highest BCUT2D eigenvalue weighted by Gasteiger charge is 2.66. The zero-order valence-corrected chi connectivity index (χ0v) is 20.1. The van der Waals surface area contributed by atoms with E-state index in [-0.39, 0.29) is 17.3 Å². The molecule has 0 aromatic heterocycles. The van der Waals surface area contributed by atoms with Crippen LogP contribution in [0, 0.1) is 40.4 Å². The summed E-state index contributed by atoms with van der Waals surface area (Å²) in [6, 6.07) is 0. The number of Topliss-reactive ketones (excluding diaryl/α,β-unsaturated/α-hetero) is 1. The van der Waals surface area contributed by atoms with Crippen LogP contribution >= 0.6 is 0 Å². The molecule has 30 heavy (non-hydrogen) atoms. The molecule has 4 aliphatic carbocycles. The van der Waals surface area contributed by atoms with Crippen LogP contribution in [0.15, 0.2) is 23.8 Å². The van der Waals surface area contributed by atoms with Gasteiger partial charge in [0.05, 0.1) is 6.10 Å². The van der Waals surface area contributed by atoms with Crippen molar-refractivity contribution in [1.82, 2.24) is 0 Å². The van der Waals surface area contributed by atoms with Gasteiger partial charge < -0.3 is 4.74 Å². The van der Waals surface area contributed by atoms with Gasteiger partial charge in [-0.25, -0.2) is 0 Å². The van der Waals surface area contributed by atoms with Gasteiger partial charge in [0.25, 0.3) is 0 Å². The van der Waals surface area contributed by atoms with Gasteiger partial charge >= 0.3 is 0 Å². The zero-order valence-electron chi connectivity index (χ0n) is 20.1. The second-order valence-electron chi connectivity index (χ2n) is 11.8. The fraction of sp³-hybridized carbons (Fsp3) is 0.821. The second-order valence-corrected chi connectivity index (χ2v) is 11.8. The average molecular weight is 413 g/mol. The molecule has 4 aliphatic rings. The van der Waals surface area contributed by atoms with Crippen molar-refractivity contribution in [3.63, 3.8) is 0 Å². The smallest absolute Gasteiger partial charge is 0.159 e. The minimum Gasteiger partial charge on any atom is -0.376 e. The van der Waals surface area contributed by atoms with Crippen LogP contribution in [0.25, 0.3) is 0 Å². The standard InChI is InChI=1S/C28H44O2/c1-18(2)9-7-10-19(3)23-12-13-24-21(11-8-14-27(23,24)5)15-26(30-6)28-17-22(28)16-25(29)20(28)4/h15,18-19,22-24,26H,4,7-14,16-17H2,1-3,5-6H3/b21-15+/t19-,22-,23-,24+,26-,27-,28+/m1/s1. The number of rotatable bonds is 8. The van der Waals surface area contributed by atoms with Crippen LogP contribution in [0.4, 0.5) is 0 Å². The van der Waals surface area contributed by atoms with E-state index in [0.717, 1.165) is 29.7 Å². The normalized spacial score (nSPS) is 41.3. The Balaban J connectivity index is 1.50. The maximum atomic E-state index is 12.2. The maximum absolute atomic E-state index is 12.2. The van der Waals surface area contributed by atoms with Gasteiger partial charge in [0.2, 0.25) is 0 Å². The number of ether oxygens (including phenoxy) is 1. The number of fused-ring (bicyclic) bond motifs is 2. The molecule has 0 aliphatic heterocycles. The number of methoxy groups -OCH3 is 1. The third-order valence-corrected chi connectivity index (χ3v) is 9.78. The average Bonchev–Trinajstić information content (AvgIpc) is 3.20. The first kappa shape index (κ1) is 22.3. The van der Waals surface area contributed by atoms with Crippen molar-refractivity contribution in [2.24, 2.45) is 40.4 Å².